The van der Waals surface area contributed by atoms with Crippen LogP contribution in [0.4, 0.5) is 10.1 Å². The summed E-state index contributed by atoms with van der Waals surface area (Å²) in [5, 5.41) is 8.74. The molecular formula is C15H21FN2. The summed E-state index contributed by atoms with van der Waals surface area (Å²) in [7, 11) is 0. The fourth-order valence-corrected chi connectivity index (χ4v) is 1.93. The van der Waals surface area contributed by atoms with Gasteiger partial charge in [0.15, 0.2) is 0 Å². The summed E-state index contributed by atoms with van der Waals surface area (Å²) >= 11 is 0. The minimum absolute atomic E-state index is 0.110. The van der Waals surface area contributed by atoms with Crippen molar-refractivity contribution in [1.82, 2.24) is 0 Å². The lowest BCUT2D eigenvalue weighted by Gasteiger charge is -2.31. The van der Waals surface area contributed by atoms with Crippen LogP contribution < -0.4 is 4.90 Å². The monoisotopic (exact) mass is 248 g/mol. The minimum atomic E-state index is -0.431. The van der Waals surface area contributed by atoms with E-state index in [1.807, 2.05) is 12.1 Å². The number of unbranched alkanes of at least 4 members (excludes halogenated alkanes) is 1. The van der Waals surface area contributed by atoms with Crippen molar-refractivity contribution in [2.75, 3.05) is 11.4 Å². The van der Waals surface area contributed by atoms with Crippen LogP contribution in [0.2, 0.25) is 0 Å². The van der Waals surface area contributed by atoms with E-state index in [2.05, 4.69) is 25.7 Å². The summed E-state index contributed by atoms with van der Waals surface area (Å²) in [4.78, 5) is 2.22. The molecule has 1 atom stereocenters. The van der Waals surface area contributed by atoms with Crippen LogP contribution in [-0.2, 0) is 0 Å². The Bertz CT molecular complexity index is 423. The topological polar surface area (TPSA) is 27.0 Å². The van der Waals surface area contributed by atoms with Crippen LogP contribution in [0.1, 0.15) is 45.6 Å². The Morgan fingerprint density at radius 1 is 1.39 bits per heavy atom. The Hall–Kier alpha value is -1.56. The van der Waals surface area contributed by atoms with Crippen molar-refractivity contribution in [3.8, 4) is 6.07 Å². The maximum absolute atomic E-state index is 13.7. The zero-order valence-electron chi connectivity index (χ0n) is 11.4. The first-order chi connectivity index (χ1) is 8.63. The van der Waals surface area contributed by atoms with Crippen LogP contribution >= 0.6 is 0 Å². The summed E-state index contributed by atoms with van der Waals surface area (Å²) in [6.07, 6.45) is 3.23. The van der Waals surface area contributed by atoms with Gasteiger partial charge in [0.1, 0.15) is 11.9 Å². The molecule has 0 spiro atoms. The molecule has 3 heteroatoms. The van der Waals surface area contributed by atoms with Gasteiger partial charge in [-0.25, -0.2) is 4.39 Å². The molecule has 0 bridgehead atoms. The van der Waals surface area contributed by atoms with E-state index in [-0.39, 0.29) is 5.56 Å². The lowest BCUT2D eigenvalue weighted by atomic mass is 10.1. The molecule has 0 radical (unpaired) electrons. The fourth-order valence-electron chi connectivity index (χ4n) is 1.93. The zero-order valence-corrected chi connectivity index (χ0v) is 11.4. The van der Waals surface area contributed by atoms with Crippen LogP contribution in [0.5, 0.6) is 0 Å². The summed E-state index contributed by atoms with van der Waals surface area (Å²) in [5.74, 6) is -0.431. The van der Waals surface area contributed by atoms with Gasteiger partial charge in [-0.1, -0.05) is 20.3 Å². The highest BCUT2D eigenvalue weighted by atomic mass is 19.1. The number of benzene rings is 1. The number of nitriles is 1. The molecule has 0 fully saturated rings. The Labute approximate surface area is 109 Å². The summed E-state index contributed by atoms with van der Waals surface area (Å²) < 4.78 is 13.7. The second kappa shape index (κ2) is 7.00. The SMILES string of the molecule is CCCCN(c1ccc(C#N)c(F)c1)C(C)CC. The Morgan fingerprint density at radius 2 is 2.11 bits per heavy atom. The van der Waals surface area contributed by atoms with E-state index in [0.29, 0.717) is 6.04 Å². The third kappa shape index (κ3) is 3.46. The minimum Gasteiger partial charge on any atom is -0.369 e. The lowest BCUT2D eigenvalue weighted by Crippen LogP contribution is -2.33. The average Bonchev–Trinajstić information content (AvgIpc) is 2.39. The molecule has 0 aromatic heterocycles. The molecule has 0 amide bonds. The standard InChI is InChI=1S/C15H21FN2/c1-4-6-9-18(12(3)5-2)14-8-7-13(11-17)15(16)10-14/h7-8,10,12H,4-6,9H2,1-3H3. The molecule has 0 aliphatic carbocycles. The molecule has 0 saturated heterocycles. The summed E-state index contributed by atoms with van der Waals surface area (Å²) in [6.45, 7) is 7.35. The van der Waals surface area contributed by atoms with Crippen LogP contribution in [0.25, 0.3) is 0 Å². The van der Waals surface area contributed by atoms with Crippen LogP contribution in [-0.4, -0.2) is 12.6 Å². The lowest BCUT2D eigenvalue weighted by molar-refractivity contribution is 0.588. The second-order valence-corrected chi connectivity index (χ2v) is 4.58. The normalized spacial score (nSPS) is 11.9. The maximum atomic E-state index is 13.7. The van der Waals surface area contributed by atoms with Crippen molar-refractivity contribution < 1.29 is 4.39 Å². The van der Waals surface area contributed by atoms with Gasteiger partial charge in [-0.3, -0.25) is 0 Å². The van der Waals surface area contributed by atoms with Crippen LogP contribution in [0, 0.1) is 17.1 Å². The predicted octanol–water partition coefficient (Wildman–Crippen LogP) is 4.10. The van der Waals surface area contributed by atoms with Gasteiger partial charge in [0.2, 0.25) is 0 Å². The first kappa shape index (κ1) is 14.5. The van der Waals surface area contributed by atoms with E-state index in [4.69, 9.17) is 5.26 Å². The predicted molar refractivity (Wildman–Crippen MR) is 73.1 cm³/mol. The number of hydrogen-bond donors (Lipinski definition) is 0. The molecular weight excluding hydrogens is 227 g/mol. The summed E-state index contributed by atoms with van der Waals surface area (Å²) in [5.41, 5.74) is 0.979. The van der Waals surface area contributed by atoms with Crippen LogP contribution in [0.15, 0.2) is 18.2 Å². The molecule has 0 N–H and O–H groups in total. The molecule has 1 aromatic rings. The van der Waals surface area contributed by atoms with Gasteiger partial charge in [0.05, 0.1) is 5.56 Å². The third-order valence-corrected chi connectivity index (χ3v) is 3.28. The number of rotatable bonds is 6. The Kier molecular flexibility index (Phi) is 5.64. The van der Waals surface area contributed by atoms with Gasteiger partial charge in [-0.15, -0.1) is 0 Å². The van der Waals surface area contributed by atoms with E-state index < -0.39 is 5.82 Å². The molecule has 0 aliphatic heterocycles. The molecule has 2 nitrogen and oxygen atoms in total. The first-order valence-corrected chi connectivity index (χ1v) is 6.60. The number of anilines is 1. The highest BCUT2D eigenvalue weighted by Gasteiger charge is 2.14. The highest BCUT2D eigenvalue weighted by Crippen LogP contribution is 2.22. The highest BCUT2D eigenvalue weighted by molar-refractivity contribution is 5.51. The molecule has 1 unspecified atom stereocenters. The van der Waals surface area contributed by atoms with Gasteiger partial charge >= 0.3 is 0 Å². The van der Waals surface area contributed by atoms with Crippen molar-refractivity contribution in [3.63, 3.8) is 0 Å². The quantitative estimate of drug-likeness (QED) is 0.757. The van der Waals surface area contributed by atoms with E-state index >= 15 is 0 Å². The van der Waals surface area contributed by atoms with Crippen molar-refractivity contribution >= 4 is 5.69 Å². The maximum Gasteiger partial charge on any atom is 0.143 e. The Morgan fingerprint density at radius 3 is 2.61 bits per heavy atom. The Balaban J connectivity index is 2.98. The van der Waals surface area contributed by atoms with Gasteiger partial charge in [0.25, 0.3) is 0 Å². The van der Waals surface area contributed by atoms with Gasteiger partial charge in [0, 0.05) is 18.3 Å². The number of hydrogen-bond acceptors (Lipinski definition) is 2. The molecule has 1 aromatic carbocycles. The second-order valence-electron chi connectivity index (χ2n) is 4.58. The van der Waals surface area contributed by atoms with Gasteiger partial charge < -0.3 is 4.90 Å². The van der Waals surface area contributed by atoms with Crippen molar-refractivity contribution in [2.24, 2.45) is 0 Å². The molecule has 0 heterocycles. The number of halogens is 1. The van der Waals surface area contributed by atoms with Crippen LogP contribution in [0.3, 0.4) is 0 Å². The van der Waals surface area contributed by atoms with Gasteiger partial charge in [-0.2, -0.15) is 5.26 Å². The fraction of sp³-hybridized carbons (Fsp3) is 0.533. The summed E-state index contributed by atoms with van der Waals surface area (Å²) in [6, 6.07) is 7.10. The largest absolute Gasteiger partial charge is 0.369 e. The molecule has 0 saturated carbocycles. The zero-order chi connectivity index (χ0) is 13.5. The first-order valence-electron chi connectivity index (χ1n) is 6.60. The molecule has 18 heavy (non-hydrogen) atoms. The van der Waals surface area contributed by atoms with Gasteiger partial charge in [-0.05, 0) is 38.0 Å². The molecule has 0 aliphatic rings. The molecule has 98 valence electrons. The van der Waals surface area contributed by atoms with E-state index in [1.54, 1.807) is 6.07 Å². The van der Waals surface area contributed by atoms with E-state index in [9.17, 15) is 4.39 Å². The third-order valence-electron chi connectivity index (χ3n) is 3.28. The van der Waals surface area contributed by atoms with E-state index in [1.165, 1.54) is 6.07 Å². The van der Waals surface area contributed by atoms with Crippen molar-refractivity contribution in [1.29, 1.82) is 5.26 Å². The average molecular weight is 248 g/mol. The van der Waals surface area contributed by atoms with E-state index in [0.717, 1.165) is 31.5 Å². The smallest absolute Gasteiger partial charge is 0.143 e. The molecule has 1 rings (SSSR count). The number of nitrogens with zero attached hydrogens (tertiary/aromatic N) is 2. The van der Waals surface area contributed by atoms with Crippen molar-refractivity contribution in [2.45, 2.75) is 46.1 Å². The van der Waals surface area contributed by atoms with Crippen molar-refractivity contribution in [3.05, 3.63) is 29.6 Å².